The molecule has 39 heavy (non-hydrogen) atoms. The third-order valence-electron chi connectivity index (χ3n) is 8.10. The molecule has 3 atom stereocenters. The first-order valence-electron chi connectivity index (χ1n) is 12.3. The lowest BCUT2D eigenvalue weighted by Gasteiger charge is -2.37. The number of thiophene rings is 1. The fourth-order valence-electron chi connectivity index (χ4n) is 6.61. The van der Waals surface area contributed by atoms with Crippen LogP contribution in [0.1, 0.15) is 47.4 Å². The van der Waals surface area contributed by atoms with E-state index in [2.05, 4.69) is 0 Å². The highest BCUT2D eigenvalue weighted by Crippen LogP contribution is 2.61. The molecule has 1 saturated heterocycles. The van der Waals surface area contributed by atoms with Crippen LogP contribution in [0.25, 0.3) is 6.08 Å². The van der Waals surface area contributed by atoms with Gasteiger partial charge in [0.2, 0.25) is 0 Å². The number of Topliss-reactive ketones (excluding diaryl/α,β-unsaturated/α-hetero) is 3. The lowest BCUT2D eigenvalue weighted by molar-refractivity contribution is 0.0666. The molecule has 3 heterocycles. The fraction of sp³-hybridized carbons (Fsp3) is 0.129. The van der Waals surface area contributed by atoms with E-state index in [0.29, 0.717) is 36.6 Å². The van der Waals surface area contributed by atoms with Gasteiger partial charge in [-0.3, -0.25) is 14.4 Å². The zero-order valence-corrected chi connectivity index (χ0v) is 23.2. The summed E-state index contributed by atoms with van der Waals surface area (Å²) in [6.45, 7) is 0. The summed E-state index contributed by atoms with van der Waals surface area (Å²) in [4.78, 5) is 46.1. The van der Waals surface area contributed by atoms with Crippen molar-refractivity contribution >= 4 is 75.3 Å². The number of carbonyl (C=O) groups excluding carboxylic acids is 3. The second kappa shape index (κ2) is 8.90. The number of benzene rings is 3. The van der Waals surface area contributed by atoms with Crippen molar-refractivity contribution in [2.75, 3.05) is 4.90 Å². The summed E-state index contributed by atoms with van der Waals surface area (Å²) in [6.07, 6.45) is 3.74. The maximum absolute atomic E-state index is 14.6. The Morgan fingerprint density at radius 2 is 1.54 bits per heavy atom. The molecule has 4 aromatic rings. The SMILES string of the molecule is O=C(c1cccs1)[C@@H]1[C@@H](c2ccc(Cl)cc2Cl)C2(C(=O)c3ccccc3C2=O)C2C=Cc3cc(Cl)ccc3N21. The quantitative estimate of drug-likeness (QED) is 0.179. The Morgan fingerprint density at radius 1 is 0.846 bits per heavy atom. The highest BCUT2D eigenvalue weighted by atomic mass is 35.5. The van der Waals surface area contributed by atoms with E-state index < -0.39 is 23.4 Å². The molecule has 1 unspecified atom stereocenters. The summed E-state index contributed by atoms with van der Waals surface area (Å²) in [5, 5.41) is 3.10. The van der Waals surface area contributed by atoms with E-state index in [4.69, 9.17) is 34.8 Å². The number of halogens is 3. The maximum atomic E-state index is 14.6. The van der Waals surface area contributed by atoms with Crippen LogP contribution in [0.15, 0.2) is 84.3 Å². The molecule has 3 aliphatic rings. The van der Waals surface area contributed by atoms with Gasteiger partial charge in [-0.2, -0.15) is 0 Å². The van der Waals surface area contributed by atoms with Gasteiger partial charge < -0.3 is 4.90 Å². The number of ketones is 3. The Kier molecular flexibility index (Phi) is 5.66. The minimum Gasteiger partial charge on any atom is -0.352 e. The van der Waals surface area contributed by atoms with E-state index in [9.17, 15) is 14.4 Å². The number of nitrogens with zero attached hydrogens (tertiary/aromatic N) is 1. The van der Waals surface area contributed by atoms with Crippen LogP contribution in [0.2, 0.25) is 15.1 Å². The summed E-state index contributed by atoms with van der Waals surface area (Å²) in [7, 11) is 0. The number of anilines is 1. The molecule has 0 radical (unpaired) electrons. The highest BCUT2D eigenvalue weighted by molar-refractivity contribution is 7.12. The molecule has 3 aromatic carbocycles. The molecule has 1 aliphatic carbocycles. The molecule has 1 spiro atoms. The Balaban J connectivity index is 1.58. The number of fused-ring (bicyclic) bond motifs is 5. The zero-order chi connectivity index (χ0) is 27.1. The first-order chi connectivity index (χ1) is 18.8. The van der Waals surface area contributed by atoms with Crippen molar-refractivity contribution in [2.45, 2.75) is 18.0 Å². The maximum Gasteiger partial charge on any atom is 0.195 e. The first-order valence-corrected chi connectivity index (χ1v) is 14.3. The van der Waals surface area contributed by atoms with E-state index in [1.54, 1.807) is 54.6 Å². The molecule has 4 nitrogen and oxygen atoms in total. The third kappa shape index (κ3) is 3.34. The largest absolute Gasteiger partial charge is 0.352 e. The van der Waals surface area contributed by atoms with Gasteiger partial charge in [-0.15, -0.1) is 11.3 Å². The van der Waals surface area contributed by atoms with Gasteiger partial charge in [0, 0.05) is 37.8 Å². The van der Waals surface area contributed by atoms with Gasteiger partial charge in [0.1, 0.15) is 11.5 Å². The van der Waals surface area contributed by atoms with Crippen LogP contribution in [-0.4, -0.2) is 29.4 Å². The molecule has 7 rings (SSSR count). The molecule has 0 bridgehead atoms. The predicted molar refractivity (Wildman–Crippen MR) is 156 cm³/mol. The average Bonchev–Trinajstić information content (AvgIpc) is 3.62. The van der Waals surface area contributed by atoms with Crippen LogP contribution < -0.4 is 4.90 Å². The Bertz CT molecular complexity index is 1710. The van der Waals surface area contributed by atoms with Crippen molar-refractivity contribution in [1.29, 1.82) is 0 Å². The van der Waals surface area contributed by atoms with Gasteiger partial charge in [-0.1, -0.05) is 83.4 Å². The smallest absolute Gasteiger partial charge is 0.195 e. The van der Waals surface area contributed by atoms with E-state index in [0.717, 1.165) is 11.3 Å². The molecule has 0 amide bonds. The predicted octanol–water partition coefficient (Wildman–Crippen LogP) is 8.02. The van der Waals surface area contributed by atoms with Crippen molar-refractivity contribution in [3.63, 3.8) is 0 Å². The van der Waals surface area contributed by atoms with Gasteiger partial charge in [0.05, 0.1) is 10.9 Å². The lowest BCUT2D eigenvalue weighted by atomic mass is 9.64. The van der Waals surface area contributed by atoms with Crippen molar-refractivity contribution in [3.05, 3.63) is 126 Å². The van der Waals surface area contributed by atoms with E-state index in [-0.39, 0.29) is 17.3 Å². The average molecular weight is 591 g/mol. The summed E-state index contributed by atoms with van der Waals surface area (Å²) in [5.74, 6) is -1.69. The van der Waals surface area contributed by atoms with E-state index in [1.807, 2.05) is 40.6 Å². The van der Waals surface area contributed by atoms with Gasteiger partial charge in [0.15, 0.2) is 17.3 Å². The van der Waals surface area contributed by atoms with Gasteiger partial charge in [0.25, 0.3) is 0 Å². The summed E-state index contributed by atoms with van der Waals surface area (Å²) in [5.41, 5.74) is 1.16. The summed E-state index contributed by atoms with van der Waals surface area (Å²) >= 11 is 20.8. The molecule has 2 aliphatic heterocycles. The normalized spacial score (nSPS) is 22.2. The zero-order valence-electron chi connectivity index (χ0n) is 20.1. The molecule has 0 N–H and O–H groups in total. The van der Waals surface area contributed by atoms with Crippen molar-refractivity contribution < 1.29 is 14.4 Å². The summed E-state index contributed by atoms with van der Waals surface area (Å²) in [6, 6.07) is 19.3. The molecule has 0 saturated carbocycles. The molecule has 8 heteroatoms. The first kappa shape index (κ1) is 24.8. The molecular weight excluding hydrogens is 573 g/mol. The Hall–Kier alpha value is -3.22. The number of hydrogen-bond donors (Lipinski definition) is 0. The highest BCUT2D eigenvalue weighted by Gasteiger charge is 2.71. The van der Waals surface area contributed by atoms with Gasteiger partial charge >= 0.3 is 0 Å². The van der Waals surface area contributed by atoms with Crippen molar-refractivity contribution in [2.24, 2.45) is 5.41 Å². The van der Waals surface area contributed by atoms with Crippen LogP contribution in [0.4, 0.5) is 5.69 Å². The van der Waals surface area contributed by atoms with Crippen LogP contribution in [-0.2, 0) is 0 Å². The molecule has 1 fully saturated rings. The number of rotatable bonds is 3. The molecule has 192 valence electrons. The monoisotopic (exact) mass is 589 g/mol. The van der Waals surface area contributed by atoms with Crippen LogP contribution in [0, 0.1) is 5.41 Å². The van der Waals surface area contributed by atoms with Crippen LogP contribution >= 0.6 is 46.1 Å². The van der Waals surface area contributed by atoms with Gasteiger partial charge in [-0.05, 0) is 52.9 Å². The minimum absolute atomic E-state index is 0.185. The minimum atomic E-state index is -1.62. The van der Waals surface area contributed by atoms with Crippen LogP contribution in [0.5, 0.6) is 0 Å². The lowest BCUT2D eigenvalue weighted by Crippen LogP contribution is -2.48. The van der Waals surface area contributed by atoms with E-state index >= 15 is 0 Å². The summed E-state index contributed by atoms with van der Waals surface area (Å²) < 4.78 is 0. The number of hydrogen-bond acceptors (Lipinski definition) is 5. The standard InChI is InChI=1S/C31H18Cl3NO3S/c32-17-9-11-23-16(14-17)7-12-25-31(29(37)19-4-1-2-5-20(19)30(31)38)26(21-10-8-18(33)15-22(21)34)27(35(23)25)28(36)24-6-3-13-39-24/h1-15,25-27H/t25?,26-,27+/m1/s1. The topological polar surface area (TPSA) is 54.5 Å². The fourth-order valence-corrected chi connectivity index (χ4v) is 8.01. The molecule has 1 aromatic heterocycles. The number of carbonyl (C=O) groups is 3. The second-order valence-corrected chi connectivity index (χ2v) is 12.1. The van der Waals surface area contributed by atoms with Crippen LogP contribution in [0.3, 0.4) is 0 Å². The van der Waals surface area contributed by atoms with Crippen molar-refractivity contribution in [1.82, 2.24) is 0 Å². The third-order valence-corrected chi connectivity index (χ3v) is 9.78. The molecular formula is C31H18Cl3NO3S. The van der Waals surface area contributed by atoms with E-state index in [1.165, 1.54) is 11.3 Å². The second-order valence-electron chi connectivity index (χ2n) is 9.92. The van der Waals surface area contributed by atoms with Gasteiger partial charge in [-0.25, -0.2) is 0 Å². The Morgan fingerprint density at radius 3 is 2.21 bits per heavy atom. The Labute approximate surface area is 243 Å². The van der Waals surface area contributed by atoms with Crippen molar-refractivity contribution in [3.8, 4) is 0 Å².